The van der Waals surface area contributed by atoms with E-state index in [1.807, 2.05) is 30.3 Å². The van der Waals surface area contributed by atoms with Gasteiger partial charge in [0.05, 0.1) is 13.2 Å². The fourth-order valence-corrected chi connectivity index (χ4v) is 2.41. The van der Waals surface area contributed by atoms with Crippen LogP contribution in [-0.2, 0) is 20.9 Å². The van der Waals surface area contributed by atoms with Gasteiger partial charge in [-0.3, -0.25) is 4.79 Å². The Kier molecular flexibility index (Phi) is 5.49. The van der Waals surface area contributed by atoms with E-state index in [1.165, 1.54) is 4.90 Å². The lowest BCUT2D eigenvalue weighted by atomic mass is 10.1. The van der Waals surface area contributed by atoms with Crippen LogP contribution in [0.3, 0.4) is 0 Å². The number of nitrogens with zero attached hydrogens (tertiary/aromatic N) is 1. The zero-order chi connectivity index (χ0) is 16.0. The first kappa shape index (κ1) is 16.4. The molecule has 1 fully saturated rings. The van der Waals surface area contributed by atoms with Crippen molar-refractivity contribution in [3.63, 3.8) is 0 Å². The largest absolute Gasteiger partial charge is 0.479 e. The van der Waals surface area contributed by atoms with Gasteiger partial charge in [0.25, 0.3) is 0 Å². The number of benzene rings is 1. The molecule has 1 N–H and O–H groups in total. The first-order valence-corrected chi connectivity index (χ1v) is 7.33. The van der Waals surface area contributed by atoms with Gasteiger partial charge in [0.15, 0.2) is 0 Å². The molecule has 22 heavy (non-hydrogen) atoms. The van der Waals surface area contributed by atoms with Crippen LogP contribution >= 0.6 is 0 Å². The van der Waals surface area contributed by atoms with Gasteiger partial charge >= 0.3 is 5.97 Å². The molecule has 0 spiro atoms. The van der Waals surface area contributed by atoms with Crippen LogP contribution in [0.4, 0.5) is 4.39 Å². The van der Waals surface area contributed by atoms with Crippen molar-refractivity contribution in [2.45, 2.75) is 31.5 Å². The first-order valence-electron chi connectivity index (χ1n) is 7.33. The maximum Gasteiger partial charge on any atom is 0.343 e. The summed E-state index contributed by atoms with van der Waals surface area (Å²) in [6.07, 6.45) is 0.637. The van der Waals surface area contributed by atoms with Gasteiger partial charge in [0.1, 0.15) is 0 Å². The third kappa shape index (κ3) is 4.27. The zero-order valence-corrected chi connectivity index (χ0v) is 12.3. The number of rotatable bonds is 7. The van der Waals surface area contributed by atoms with Crippen LogP contribution in [0.15, 0.2) is 30.3 Å². The minimum Gasteiger partial charge on any atom is -0.479 e. The van der Waals surface area contributed by atoms with Crippen molar-refractivity contribution in [3.05, 3.63) is 35.9 Å². The number of carbonyl (C=O) groups excluding carboxylic acids is 1. The second-order valence-corrected chi connectivity index (χ2v) is 5.48. The Labute approximate surface area is 128 Å². The Hall–Kier alpha value is -1.95. The highest BCUT2D eigenvalue weighted by Gasteiger charge is 2.46. The van der Waals surface area contributed by atoms with Crippen molar-refractivity contribution in [3.8, 4) is 0 Å². The van der Waals surface area contributed by atoms with Gasteiger partial charge in [-0.25, -0.2) is 9.18 Å². The Morgan fingerprint density at radius 2 is 2.05 bits per heavy atom. The summed E-state index contributed by atoms with van der Waals surface area (Å²) in [6.45, 7) is 0.734. The number of hydrogen-bond donors (Lipinski definition) is 1. The van der Waals surface area contributed by atoms with Gasteiger partial charge in [-0.15, -0.1) is 0 Å². The summed E-state index contributed by atoms with van der Waals surface area (Å²) in [4.78, 5) is 24.0. The molecule has 6 heteroatoms. The molecule has 1 aromatic carbocycles. The molecular formula is C16H20FNO4. The van der Waals surface area contributed by atoms with Crippen LogP contribution in [0.5, 0.6) is 0 Å². The van der Waals surface area contributed by atoms with E-state index in [1.54, 1.807) is 0 Å². The van der Waals surface area contributed by atoms with Gasteiger partial charge < -0.3 is 14.7 Å². The molecule has 1 aliphatic rings. The molecule has 1 saturated heterocycles. The van der Waals surface area contributed by atoms with Gasteiger partial charge in [-0.2, -0.15) is 0 Å². The smallest absolute Gasteiger partial charge is 0.343 e. The highest BCUT2D eigenvalue weighted by atomic mass is 19.1. The molecule has 0 radical (unpaired) electrons. The van der Waals surface area contributed by atoms with E-state index >= 15 is 0 Å². The van der Waals surface area contributed by atoms with E-state index < -0.39 is 11.6 Å². The fourth-order valence-electron chi connectivity index (χ4n) is 2.41. The molecule has 0 saturated carbocycles. The van der Waals surface area contributed by atoms with Crippen LogP contribution in [0.1, 0.15) is 24.8 Å². The molecule has 1 heterocycles. The molecule has 2 rings (SSSR count). The van der Waals surface area contributed by atoms with Crippen molar-refractivity contribution in [2.24, 2.45) is 0 Å². The predicted molar refractivity (Wildman–Crippen MR) is 78.0 cm³/mol. The van der Waals surface area contributed by atoms with Gasteiger partial charge in [-0.05, 0) is 12.0 Å². The summed E-state index contributed by atoms with van der Waals surface area (Å²) < 4.78 is 19.3. The molecule has 1 amide bonds. The number of carboxylic acids is 1. The highest BCUT2D eigenvalue weighted by molar-refractivity contribution is 5.82. The monoisotopic (exact) mass is 309 g/mol. The second kappa shape index (κ2) is 7.35. The fraction of sp³-hybridized carbons (Fsp3) is 0.500. The summed E-state index contributed by atoms with van der Waals surface area (Å²) in [6, 6.07) is 9.72. The minimum absolute atomic E-state index is 0.140. The average Bonchev–Trinajstić information content (AvgIpc) is 2.92. The maximum absolute atomic E-state index is 13.9. The lowest BCUT2D eigenvalue weighted by Gasteiger charge is -2.17. The molecule has 120 valence electrons. The molecular weight excluding hydrogens is 289 g/mol. The number of hydrogen-bond acceptors (Lipinski definition) is 3. The molecule has 0 aliphatic carbocycles. The van der Waals surface area contributed by atoms with Crippen LogP contribution in [0, 0.1) is 0 Å². The minimum atomic E-state index is -2.29. The SMILES string of the molecule is O=C(CCCOCc1ccccc1)N1CCC(F)(C(=O)O)C1. The molecule has 0 aromatic heterocycles. The second-order valence-electron chi connectivity index (χ2n) is 5.48. The van der Waals surface area contributed by atoms with E-state index in [2.05, 4.69) is 0 Å². The standard InChI is InChI=1S/C16H20FNO4/c17-16(15(20)21)8-9-18(12-16)14(19)7-4-10-22-11-13-5-2-1-3-6-13/h1-3,5-6H,4,7-12H2,(H,20,21). The number of ether oxygens (including phenoxy) is 1. The van der Waals surface area contributed by atoms with E-state index in [9.17, 15) is 14.0 Å². The summed E-state index contributed by atoms with van der Waals surface area (Å²) in [5.74, 6) is -1.71. The van der Waals surface area contributed by atoms with Crippen molar-refractivity contribution in [1.82, 2.24) is 4.90 Å². The number of alkyl halides is 1. The normalized spacial score (nSPS) is 21.0. The first-order chi connectivity index (χ1) is 10.5. The number of amides is 1. The van der Waals surface area contributed by atoms with E-state index in [4.69, 9.17) is 9.84 Å². The molecule has 0 bridgehead atoms. The van der Waals surface area contributed by atoms with Crippen LogP contribution in [-0.4, -0.2) is 47.2 Å². The molecule has 5 nitrogen and oxygen atoms in total. The Morgan fingerprint density at radius 1 is 1.32 bits per heavy atom. The Balaban J connectivity index is 1.63. The molecule has 1 aromatic rings. The average molecular weight is 309 g/mol. The van der Waals surface area contributed by atoms with E-state index in [-0.39, 0.29) is 31.8 Å². The van der Waals surface area contributed by atoms with Crippen molar-refractivity contribution < 1.29 is 23.8 Å². The molecule has 1 aliphatic heterocycles. The zero-order valence-electron chi connectivity index (χ0n) is 12.3. The van der Waals surface area contributed by atoms with Crippen molar-refractivity contribution in [1.29, 1.82) is 0 Å². The number of carbonyl (C=O) groups is 2. The Bertz CT molecular complexity index is 522. The summed E-state index contributed by atoms with van der Waals surface area (Å²) in [5, 5.41) is 8.79. The van der Waals surface area contributed by atoms with E-state index in [0.717, 1.165) is 5.56 Å². The molecule has 1 atom stereocenters. The van der Waals surface area contributed by atoms with Crippen molar-refractivity contribution in [2.75, 3.05) is 19.7 Å². The summed E-state index contributed by atoms with van der Waals surface area (Å²) in [7, 11) is 0. The van der Waals surface area contributed by atoms with Crippen LogP contribution < -0.4 is 0 Å². The third-order valence-corrected chi connectivity index (χ3v) is 3.75. The quantitative estimate of drug-likeness (QED) is 0.782. The van der Waals surface area contributed by atoms with E-state index in [0.29, 0.717) is 19.6 Å². The van der Waals surface area contributed by atoms with Crippen molar-refractivity contribution >= 4 is 11.9 Å². The number of halogens is 1. The third-order valence-electron chi connectivity index (χ3n) is 3.75. The predicted octanol–water partition coefficient (Wildman–Crippen LogP) is 2.01. The number of aliphatic carboxylic acids is 1. The summed E-state index contributed by atoms with van der Waals surface area (Å²) >= 11 is 0. The van der Waals surface area contributed by atoms with Gasteiger partial charge in [0, 0.05) is 26.0 Å². The lowest BCUT2D eigenvalue weighted by molar-refractivity contribution is -0.150. The van der Waals surface area contributed by atoms with Crippen LogP contribution in [0.25, 0.3) is 0 Å². The maximum atomic E-state index is 13.9. The summed E-state index contributed by atoms with van der Waals surface area (Å²) in [5.41, 5.74) is -1.23. The lowest BCUT2D eigenvalue weighted by Crippen LogP contribution is -2.38. The van der Waals surface area contributed by atoms with Gasteiger partial charge in [-0.1, -0.05) is 30.3 Å². The number of carboxylic acid groups (broad SMARTS) is 1. The van der Waals surface area contributed by atoms with Gasteiger partial charge in [0.2, 0.25) is 11.6 Å². The van der Waals surface area contributed by atoms with Crippen LogP contribution in [0.2, 0.25) is 0 Å². The Morgan fingerprint density at radius 3 is 2.68 bits per heavy atom. The number of likely N-dealkylation sites (tertiary alicyclic amines) is 1. The highest BCUT2D eigenvalue weighted by Crippen LogP contribution is 2.26. The molecule has 1 unspecified atom stereocenters. The topological polar surface area (TPSA) is 66.8 Å².